The summed E-state index contributed by atoms with van der Waals surface area (Å²) in [6.45, 7) is 5.86. The lowest BCUT2D eigenvalue weighted by molar-refractivity contribution is -0.157. The van der Waals surface area contributed by atoms with Crippen LogP contribution in [-0.2, 0) is 14.3 Å². The fourth-order valence-electron chi connectivity index (χ4n) is 2.37. The number of rotatable bonds is 3. The Morgan fingerprint density at radius 2 is 2.11 bits per heavy atom. The summed E-state index contributed by atoms with van der Waals surface area (Å²) in [4.78, 5) is 16.4. The summed E-state index contributed by atoms with van der Waals surface area (Å²) in [6, 6.07) is 0. The van der Waals surface area contributed by atoms with Crippen molar-refractivity contribution in [2.75, 3.05) is 58.4 Å². The van der Waals surface area contributed by atoms with Crippen molar-refractivity contribution in [3.8, 4) is 0 Å². The van der Waals surface area contributed by atoms with E-state index in [-0.39, 0.29) is 5.91 Å². The van der Waals surface area contributed by atoms with Gasteiger partial charge in [0.25, 0.3) is 5.91 Å². The van der Waals surface area contributed by atoms with Gasteiger partial charge in [-0.25, -0.2) is 0 Å². The molecule has 18 heavy (non-hydrogen) atoms. The fourth-order valence-corrected chi connectivity index (χ4v) is 2.61. The molecule has 0 N–H and O–H groups in total. The van der Waals surface area contributed by atoms with Crippen LogP contribution in [0.1, 0.15) is 6.42 Å². The third kappa shape index (κ3) is 3.82. The number of halogens is 1. The number of alkyl halides is 1. The van der Waals surface area contributed by atoms with Gasteiger partial charge < -0.3 is 19.3 Å². The number of hydrogen-bond acceptors (Lipinski definition) is 4. The van der Waals surface area contributed by atoms with E-state index in [1.54, 1.807) is 0 Å². The smallest absolute Gasteiger partial charge is 0.254 e. The molecule has 0 bridgehead atoms. The lowest BCUT2D eigenvalue weighted by Crippen LogP contribution is -2.46. The Labute approximate surface area is 113 Å². The van der Waals surface area contributed by atoms with Gasteiger partial charge in [0.05, 0.1) is 19.8 Å². The van der Waals surface area contributed by atoms with E-state index in [0.29, 0.717) is 25.7 Å². The van der Waals surface area contributed by atoms with Crippen LogP contribution in [0.3, 0.4) is 0 Å². The predicted molar refractivity (Wildman–Crippen MR) is 68.9 cm³/mol. The Hall–Kier alpha value is -0.360. The average molecular weight is 277 g/mol. The molecule has 2 rings (SSSR count). The number of hydrogen-bond donors (Lipinski definition) is 0. The first-order valence-electron chi connectivity index (χ1n) is 6.57. The van der Waals surface area contributed by atoms with Crippen LogP contribution >= 0.6 is 11.6 Å². The van der Waals surface area contributed by atoms with E-state index in [2.05, 4.69) is 4.90 Å². The minimum absolute atomic E-state index is 0.0717. The Morgan fingerprint density at radius 3 is 2.83 bits per heavy atom. The summed E-state index contributed by atoms with van der Waals surface area (Å²) < 4.78 is 10.7. The van der Waals surface area contributed by atoms with Crippen LogP contribution in [0, 0.1) is 0 Å². The van der Waals surface area contributed by atoms with Crippen molar-refractivity contribution in [2.24, 2.45) is 0 Å². The minimum Gasteiger partial charge on any atom is -0.376 e. The first-order valence-corrected chi connectivity index (χ1v) is 7.11. The van der Waals surface area contributed by atoms with Gasteiger partial charge in [0, 0.05) is 32.1 Å². The molecular weight excluding hydrogens is 256 g/mol. The maximum Gasteiger partial charge on any atom is 0.254 e. The molecule has 2 fully saturated rings. The van der Waals surface area contributed by atoms with Crippen molar-refractivity contribution in [2.45, 2.75) is 12.5 Å². The van der Waals surface area contributed by atoms with E-state index in [9.17, 15) is 4.79 Å². The zero-order valence-electron chi connectivity index (χ0n) is 10.6. The molecule has 1 atom stereocenters. The van der Waals surface area contributed by atoms with Crippen molar-refractivity contribution in [3.63, 3.8) is 0 Å². The third-order valence-electron chi connectivity index (χ3n) is 3.39. The van der Waals surface area contributed by atoms with Crippen LogP contribution in [0.4, 0.5) is 0 Å². The van der Waals surface area contributed by atoms with Crippen molar-refractivity contribution >= 4 is 17.5 Å². The second-order valence-electron chi connectivity index (χ2n) is 4.64. The van der Waals surface area contributed by atoms with Crippen LogP contribution < -0.4 is 0 Å². The first-order chi connectivity index (χ1) is 8.81. The summed E-state index contributed by atoms with van der Waals surface area (Å²) in [5.41, 5.74) is 0. The van der Waals surface area contributed by atoms with Crippen LogP contribution in [0.25, 0.3) is 0 Å². The number of carbonyl (C=O) groups is 1. The molecule has 5 nitrogen and oxygen atoms in total. The monoisotopic (exact) mass is 276 g/mol. The summed E-state index contributed by atoms with van der Waals surface area (Å²) in [5.74, 6) is 0.718. The highest BCUT2D eigenvalue weighted by molar-refractivity contribution is 6.18. The summed E-state index contributed by atoms with van der Waals surface area (Å²) in [7, 11) is 0. The van der Waals surface area contributed by atoms with Crippen LogP contribution in [0.5, 0.6) is 0 Å². The Morgan fingerprint density at radius 1 is 1.22 bits per heavy atom. The second kappa shape index (κ2) is 7.28. The van der Waals surface area contributed by atoms with Crippen molar-refractivity contribution < 1.29 is 14.3 Å². The zero-order chi connectivity index (χ0) is 12.8. The van der Waals surface area contributed by atoms with Gasteiger partial charge in [0.2, 0.25) is 0 Å². The number of ether oxygens (including phenoxy) is 2. The molecule has 2 aliphatic rings. The molecule has 6 heteroatoms. The molecule has 0 spiro atoms. The Kier molecular flexibility index (Phi) is 5.69. The van der Waals surface area contributed by atoms with E-state index in [1.807, 2.05) is 4.90 Å². The zero-order valence-corrected chi connectivity index (χ0v) is 11.4. The largest absolute Gasteiger partial charge is 0.376 e. The van der Waals surface area contributed by atoms with Crippen LogP contribution in [-0.4, -0.2) is 80.2 Å². The molecule has 104 valence electrons. The summed E-state index contributed by atoms with van der Waals surface area (Å²) >= 11 is 5.75. The van der Waals surface area contributed by atoms with E-state index >= 15 is 0 Å². The maximum absolute atomic E-state index is 12.2. The van der Waals surface area contributed by atoms with Gasteiger partial charge in [0.15, 0.2) is 6.10 Å². The van der Waals surface area contributed by atoms with Gasteiger partial charge >= 0.3 is 0 Å². The highest BCUT2D eigenvalue weighted by Gasteiger charge is 2.28. The van der Waals surface area contributed by atoms with E-state index < -0.39 is 6.10 Å². The number of nitrogens with zero attached hydrogens (tertiary/aromatic N) is 2. The SMILES string of the molecule is O=C(C1COCCO1)N1CCCN(CCCl)CC1. The highest BCUT2D eigenvalue weighted by Crippen LogP contribution is 2.09. The molecule has 0 aromatic heterocycles. The fraction of sp³-hybridized carbons (Fsp3) is 0.917. The topological polar surface area (TPSA) is 42.0 Å². The maximum atomic E-state index is 12.2. The molecule has 1 unspecified atom stereocenters. The summed E-state index contributed by atoms with van der Waals surface area (Å²) in [6.07, 6.45) is 0.592. The van der Waals surface area contributed by atoms with Gasteiger partial charge in [-0.2, -0.15) is 0 Å². The summed E-state index contributed by atoms with van der Waals surface area (Å²) in [5, 5.41) is 0. The lowest BCUT2D eigenvalue weighted by atomic mass is 10.3. The molecule has 0 radical (unpaired) electrons. The molecule has 2 heterocycles. The van der Waals surface area contributed by atoms with Crippen molar-refractivity contribution in [1.82, 2.24) is 9.80 Å². The molecule has 0 aliphatic carbocycles. The van der Waals surface area contributed by atoms with Crippen molar-refractivity contribution in [3.05, 3.63) is 0 Å². The molecule has 1 amide bonds. The standard InChI is InChI=1S/C12H21ClN2O3/c13-2-5-14-3-1-4-15(7-6-14)12(16)11-10-17-8-9-18-11/h11H,1-10H2. The predicted octanol–water partition coefficient (Wildman–Crippen LogP) is 0.175. The van der Waals surface area contributed by atoms with Crippen LogP contribution in [0.2, 0.25) is 0 Å². The van der Waals surface area contributed by atoms with E-state index in [0.717, 1.165) is 39.1 Å². The Balaban J connectivity index is 1.82. The molecule has 0 aromatic carbocycles. The van der Waals surface area contributed by atoms with Gasteiger partial charge in [0.1, 0.15) is 0 Å². The van der Waals surface area contributed by atoms with Crippen LogP contribution in [0.15, 0.2) is 0 Å². The molecular formula is C12H21ClN2O3. The lowest BCUT2D eigenvalue weighted by Gasteiger charge is -2.28. The molecule has 0 saturated carbocycles. The van der Waals surface area contributed by atoms with Gasteiger partial charge in [-0.3, -0.25) is 4.79 Å². The number of amides is 1. The normalized spacial score (nSPS) is 26.9. The van der Waals surface area contributed by atoms with Gasteiger partial charge in [-0.1, -0.05) is 0 Å². The highest BCUT2D eigenvalue weighted by atomic mass is 35.5. The number of carbonyl (C=O) groups excluding carboxylic acids is 1. The quantitative estimate of drug-likeness (QED) is 0.690. The Bertz CT molecular complexity index is 272. The van der Waals surface area contributed by atoms with E-state index in [1.165, 1.54) is 0 Å². The third-order valence-corrected chi connectivity index (χ3v) is 3.56. The van der Waals surface area contributed by atoms with Gasteiger partial charge in [-0.05, 0) is 13.0 Å². The minimum atomic E-state index is -0.404. The van der Waals surface area contributed by atoms with Crippen molar-refractivity contribution in [1.29, 1.82) is 0 Å². The molecule has 2 saturated heterocycles. The van der Waals surface area contributed by atoms with Gasteiger partial charge in [-0.15, -0.1) is 11.6 Å². The first kappa shape index (κ1) is 14.1. The van der Waals surface area contributed by atoms with E-state index in [4.69, 9.17) is 21.1 Å². The average Bonchev–Trinajstić information content (AvgIpc) is 2.65. The second-order valence-corrected chi connectivity index (χ2v) is 5.02. The molecule has 2 aliphatic heterocycles. The molecule has 0 aromatic rings.